The van der Waals surface area contributed by atoms with Gasteiger partial charge in [-0.3, -0.25) is 10.1 Å². The molecule has 0 aliphatic heterocycles. The van der Waals surface area contributed by atoms with Crippen molar-refractivity contribution in [3.8, 4) is 0 Å². The molecule has 2 rings (SSSR count). The first-order valence-corrected chi connectivity index (χ1v) is 7.61. The van der Waals surface area contributed by atoms with E-state index in [2.05, 4.69) is 15.6 Å². The average Bonchev–Trinajstić information content (AvgIpc) is 2.87. The summed E-state index contributed by atoms with van der Waals surface area (Å²) in [6.07, 6.45) is 0. The lowest BCUT2D eigenvalue weighted by atomic mass is 10.3. The van der Waals surface area contributed by atoms with Gasteiger partial charge in [-0.15, -0.1) is 0 Å². The number of benzene rings is 1. The molecule has 10 heteroatoms. The van der Waals surface area contributed by atoms with Crippen LogP contribution in [0.2, 0.25) is 0 Å². The van der Waals surface area contributed by atoms with E-state index in [0.29, 0.717) is 40.2 Å². The van der Waals surface area contributed by atoms with E-state index in [1.165, 1.54) is 23.5 Å². The van der Waals surface area contributed by atoms with Gasteiger partial charge in [0.15, 0.2) is 10.2 Å². The maximum Gasteiger partial charge on any atom is 0.270 e. The van der Waals surface area contributed by atoms with Crippen LogP contribution in [0.15, 0.2) is 18.2 Å². The highest BCUT2D eigenvalue weighted by Crippen LogP contribution is 2.28. The Morgan fingerprint density at radius 1 is 1.50 bits per heavy atom. The predicted molar refractivity (Wildman–Crippen MR) is 88.4 cm³/mol. The number of anilines is 1. The molecule has 0 radical (unpaired) electrons. The maximum atomic E-state index is 10.7. The van der Waals surface area contributed by atoms with Crippen LogP contribution in [0, 0.1) is 10.1 Å². The largest absolute Gasteiger partial charge is 0.394 e. The normalized spacial score (nSPS) is 10.6. The minimum Gasteiger partial charge on any atom is -0.394 e. The molecule has 1 heterocycles. The molecule has 0 aliphatic rings. The van der Waals surface area contributed by atoms with E-state index >= 15 is 0 Å². The van der Waals surface area contributed by atoms with Crippen LogP contribution in [0.4, 0.5) is 10.8 Å². The molecule has 0 fully saturated rings. The molecule has 8 nitrogen and oxygen atoms in total. The van der Waals surface area contributed by atoms with Gasteiger partial charge in [0.05, 0.1) is 35.0 Å². The van der Waals surface area contributed by atoms with Crippen LogP contribution in [-0.4, -0.2) is 46.5 Å². The van der Waals surface area contributed by atoms with Gasteiger partial charge >= 0.3 is 0 Å². The van der Waals surface area contributed by atoms with Gasteiger partial charge in [0.2, 0.25) is 0 Å². The number of rotatable bonds is 7. The molecule has 0 amide bonds. The lowest BCUT2D eigenvalue weighted by Gasteiger charge is -2.08. The molecule has 2 aromatic rings. The van der Waals surface area contributed by atoms with Crippen molar-refractivity contribution in [2.24, 2.45) is 0 Å². The van der Waals surface area contributed by atoms with Gasteiger partial charge in [-0.25, -0.2) is 4.98 Å². The van der Waals surface area contributed by atoms with Crippen LogP contribution in [0.5, 0.6) is 0 Å². The average molecular weight is 342 g/mol. The van der Waals surface area contributed by atoms with Crippen LogP contribution < -0.4 is 10.6 Å². The van der Waals surface area contributed by atoms with E-state index < -0.39 is 4.92 Å². The number of nitrogens with one attached hydrogen (secondary N) is 2. The number of nitrogens with zero attached hydrogens (tertiary/aromatic N) is 2. The van der Waals surface area contributed by atoms with Gasteiger partial charge in [0.1, 0.15) is 0 Å². The fraction of sp³-hybridized carbons (Fsp3) is 0.333. The first-order valence-electron chi connectivity index (χ1n) is 6.38. The molecule has 118 valence electrons. The van der Waals surface area contributed by atoms with Crippen molar-refractivity contribution in [1.29, 1.82) is 0 Å². The topological polar surface area (TPSA) is 110 Å². The van der Waals surface area contributed by atoms with Gasteiger partial charge in [-0.2, -0.15) is 0 Å². The number of hydrogen-bond donors (Lipinski definition) is 3. The monoisotopic (exact) mass is 342 g/mol. The first kappa shape index (κ1) is 16.5. The van der Waals surface area contributed by atoms with Crippen molar-refractivity contribution in [1.82, 2.24) is 10.3 Å². The molecule has 0 atom stereocenters. The Morgan fingerprint density at radius 3 is 3.05 bits per heavy atom. The SMILES string of the molecule is O=[N+]([O-])c1ccc2nc(NC(=S)NCCOCCO)sc2c1. The van der Waals surface area contributed by atoms with Crippen LogP contribution in [0.25, 0.3) is 10.2 Å². The van der Waals surface area contributed by atoms with Crippen molar-refractivity contribution in [3.05, 3.63) is 28.3 Å². The van der Waals surface area contributed by atoms with Crippen LogP contribution >= 0.6 is 23.6 Å². The van der Waals surface area contributed by atoms with E-state index in [4.69, 9.17) is 22.1 Å². The minimum absolute atomic E-state index is 0.0134. The molecular formula is C12H14N4O4S2. The number of thiocarbonyl (C=S) groups is 1. The predicted octanol–water partition coefficient (Wildman–Crippen LogP) is 1.50. The zero-order valence-electron chi connectivity index (χ0n) is 11.4. The number of fused-ring (bicyclic) bond motifs is 1. The van der Waals surface area contributed by atoms with Gasteiger partial charge in [0.25, 0.3) is 5.69 Å². The van der Waals surface area contributed by atoms with Crippen LogP contribution in [-0.2, 0) is 4.74 Å². The summed E-state index contributed by atoms with van der Waals surface area (Å²) in [5.74, 6) is 0. The van der Waals surface area contributed by atoms with E-state index in [9.17, 15) is 10.1 Å². The van der Waals surface area contributed by atoms with Crippen molar-refractivity contribution in [2.45, 2.75) is 0 Å². The Bertz CT molecular complexity index is 676. The third-order valence-corrected chi connectivity index (χ3v) is 3.75. The Labute approximate surface area is 135 Å². The molecule has 0 bridgehead atoms. The number of ether oxygens (including phenoxy) is 1. The lowest BCUT2D eigenvalue weighted by Crippen LogP contribution is -2.31. The van der Waals surface area contributed by atoms with Crippen LogP contribution in [0.3, 0.4) is 0 Å². The molecule has 3 N–H and O–H groups in total. The lowest BCUT2D eigenvalue weighted by molar-refractivity contribution is -0.384. The zero-order valence-corrected chi connectivity index (χ0v) is 13.1. The Morgan fingerprint density at radius 2 is 2.32 bits per heavy atom. The standard InChI is InChI=1S/C12H14N4O4S2/c17-4-6-20-5-3-13-11(21)15-12-14-9-2-1-8(16(18)19)7-10(9)22-12/h1-2,7,17H,3-6H2,(H2,13,14,15,21). The minimum atomic E-state index is -0.440. The number of hydrogen-bond acceptors (Lipinski definition) is 7. The summed E-state index contributed by atoms with van der Waals surface area (Å²) in [5.41, 5.74) is 0.705. The van der Waals surface area contributed by atoms with Crippen molar-refractivity contribution in [3.63, 3.8) is 0 Å². The molecule has 0 saturated carbocycles. The summed E-state index contributed by atoms with van der Waals surface area (Å²) in [6.45, 7) is 1.20. The zero-order chi connectivity index (χ0) is 15.9. The van der Waals surface area contributed by atoms with Gasteiger partial charge in [0, 0.05) is 18.7 Å². The Kier molecular flexibility index (Phi) is 5.95. The number of nitro benzene ring substituents is 1. The highest BCUT2D eigenvalue weighted by Gasteiger charge is 2.10. The second-order valence-corrected chi connectivity index (χ2v) is 5.58. The molecule has 0 aliphatic carbocycles. The van der Waals surface area contributed by atoms with Crippen LogP contribution in [0.1, 0.15) is 0 Å². The molecular weight excluding hydrogens is 328 g/mol. The number of aliphatic hydroxyl groups is 1. The smallest absolute Gasteiger partial charge is 0.270 e. The second kappa shape index (κ2) is 7.94. The van der Waals surface area contributed by atoms with Gasteiger partial charge < -0.3 is 20.5 Å². The van der Waals surface area contributed by atoms with Gasteiger partial charge in [-0.1, -0.05) is 11.3 Å². The third-order valence-electron chi connectivity index (χ3n) is 2.57. The van der Waals surface area contributed by atoms with E-state index in [1.807, 2.05) is 0 Å². The molecule has 1 aromatic carbocycles. The summed E-state index contributed by atoms with van der Waals surface area (Å²) in [5, 5.41) is 26.1. The van der Waals surface area contributed by atoms with Crippen molar-refractivity contribution < 1.29 is 14.8 Å². The van der Waals surface area contributed by atoms with E-state index in [1.54, 1.807) is 6.07 Å². The number of thiazole rings is 1. The molecule has 22 heavy (non-hydrogen) atoms. The molecule has 0 spiro atoms. The van der Waals surface area contributed by atoms with Gasteiger partial charge in [-0.05, 0) is 18.3 Å². The quantitative estimate of drug-likeness (QED) is 0.301. The highest BCUT2D eigenvalue weighted by atomic mass is 32.1. The molecule has 1 aromatic heterocycles. The van der Waals surface area contributed by atoms with Crippen molar-refractivity contribution >= 4 is 49.7 Å². The Hall–Kier alpha value is -1.88. The number of aromatic nitrogens is 1. The number of nitro groups is 1. The maximum absolute atomic E-state index is 10.7. The van der Waals surface area contributed by atoms with E-state index in [-0.39, 0.29) is 12.3 Å². The Balaban J connectivity index is 1.91. The third kappa shape index (κ3) is 4.56. The fourth-order valence-corrected chi connectivity index (χ4v) is 2.79. The summed E-state index contributed by atoms with van der Waals surface area (Å²) in [7, 11) is 0. The molecule has 0 saturated heterocycles. The number of aliphatic hydroxyl groups excluding tert-OH is 1. The number of non-ortho nitro benzene ring substituents is 1. The summed E-state index contributed by atoms with van der Waals surface area (Å²) >= 11 is 6.40. The molecule has 0 unspecified atom stereocenters. The second-order valence-electron chi connectivity index (χ2n) is 4.15. The van der Waals surface area contributed by atoms with Crippen molar-refractivity contribution in [2.75, 3.05) is 31.7 Å². The summed E-state index contributed by atoms with van der Waals surface area (Å²) in [6, 6.07) is 4.51. The van der Waals surface area contributed by atoms with E-state index in [0.717, 1.165) is 0 Å². The first-order chi connectivity index (χ1) is 10.6. The fourth-order valence-electron chi connectivity index (χ4n) is 1.62. The highest BCUT2D eigenvalue weighted by molar-refractivity contribution is 7.80. The summed E-state index contributed by atoms with van der Waals surface area (Å²) < 4.78 is 5.80. The summed E-state index contributed by atoms with van der Waals surface area (Å²) in [4.78, 5) is 14.6.